The van der Waals surface area contributed by atoms with Crippen LogP contribution in [0.25, 0.3) is 0 Å². The van der Waals surface area contributed by atoms with E-state index >= 15 is 0 Å². The van der Waals surface area contributed by atoms with Crippen LogP contribution in [0.1, 0.15) is 6.92 Å². The van der Waals surface area contributed by atoms with Gasteiger partial charge in [0.15, 0.2) is 0 Å². The van der Waals surface area contributed by atoms with Gasteiger partial charge in [0.2, 0.25) is 0 Å². The number of anilines is 2. The van der Waals surface area contributed by atoms with Crippen LogP contribution in [-0.4, -0.2) is 18.6 Å². The smallest absolute Gasteiger partial charge is 0.482 e. The van der Waals surface area contributed by atoms with E-state index in [0.717, 1.165) is 0 Å². The molecule has 0 aromatic heterocycles. The van der Waals surface area contributed by atoms with Gasteiger partial charge < -0.3 is 4.74 Å². The van der Waals surface area contributed by atoms with Gasteiger partial charge in [-0.1, -0.05) is 17.7 Å². The fourth-order valence-corrected chi connectivity index (χ4v) is 1.87. The van der Waals surface area contributed by atoms with Gasteiger partial charge in [-0.2, -0.15) is 18.3 Å². The lowest BCUT2D eigenvalue weighted by Crippen LogP contribution is -2.20. The molecule has 0 aliphatic carbocycles. The van der Waals surface area contributed by atoms with Crippen LogP contribution in [0, 0.1) is 0 Å². The molecule has 0 saturated heterocycles. The van der Waals surface area contributed by atoms with Gasteiger partial charge in [0.05, 0.1) is 11.4 Å². The van der Waals surface area contributed by atoms with Gasteiger partial charge in [-0.3, -0.25) is 10.7 Å². The SMILES string of the molecule is C/C(COc1ccc(Cl)cc1)=N\Nc1cccc(NC(F)(F)F)c1. The summed E-state index contributed by atoms with van der Waals surface area (Å²) in [5.74, 6) is 0.644. The summed E-state index contributed by atoms with van der Waals surface area (Å²) in [5, 5.41) is 6.12. The van der Waals surface area contributed by atoms with E-state index in [9.17, 15) is 13.2 Å². The molecule has 2 aromatic carbocycles. The average molecular weight is 358 g/mol. The first-order chi connectivity index (χ1) is 11.3. The topological polar surface area (TPSA) is 45.6 Å². The molecule has 0 aliphatic heterocycles. The summed E-state index contributed by atoms with van der Waals surface area (Å²) in [6.07, 6.45) is -4.48. The molecule has 0 saturated carbocycles. The van der Waals surface area contributed by atoms with Crippen molar-refractivity contribution in [1.82, 2.24) is 0 Å². The number of hydrazone groups is 1. The van der Waals surface area contributed by atoms with Crippen LogP contribution < -0.4 is 15.5 Å². The molecule has 24 heavy (non-hydrogen) atoms. The third-order valence-electron chi connectivity index (χ3n) is 2.79. The van der Waals surface area contributed by atoms with Crippen molar-refractivity contribution in [2.24, 2.45) is 5.10 Å². The number of benzene rings is 2. The van der Waals surface area contributed by atoms with Gasteiger partial charge in [0, 0.05) is 10.7 Å². The second-order valence-corrected chi connectivity index (χ2v) is 5.34. The number of nitrogens with one attached hydrogen (secondary N) is 2. The lowest BCUT2D eigenvalue weighted by Gasteiger charge is -2.11. The summed E-state index contributed by atoms with van der Waals surface area (Å²) in [4.78, 5) is 0. The van der Waals surface area contributed by atoms with E-state index in [0.29, 0.717) is 22.2 Å². The van der Waals surface area contributed by atoms with Crippen molar-refractivity contribution in [2.45, 2.75) is 13.2 Å². The number of rotatable bonds is 6. The van der Waals surface area contributed by atoms with E-state index < -0.39 is 6.30 Å². The second-order valence-electron chi connectivity index (χ2n) is 4.91. The molecule has 0 aliphatic rings. The first kappa shape index (κ1) is 17.9. The molecule has 0 fully saturated rings. The number of nitrogens with zero attached hydrogens (tertiary/aromatic N) is 1. The summed E-state index contributed by atoms with van der Waals surface area (Å²) in [6.45, 7) is 1.97. The molecular weight excluding hydrogens is 343 g/mol. The Labute approximate surface area is 142 Å². The number of halogens is 4. The number of alkyl halides is 3. The second kappa shape index (κ2) is 7.92. The van der Waals surface area contributed by atoms with Crippen molar-refractivity contribution < 1.29 is 17.9 Å². The molecular formula is C16H15ClF3N3O. The zero-order valence-electron chi connectivity index (χ0n) is 12.7. The maximum atomic E-state index is 12.3. The molecule has 0 spiro atoms. The van der Waals surface area contributed by atoms with Crippen LogP contribution in [0.15, 0.2) is 53.6 Å². The molecule has 0 radical (unpaired) electrons. The zero-order valence-corrected chi connectivity index (χ0v) is 13.4. The van der Waals surface area contributed by atoms with E-state index in [1.807, 2.05) is 0 Å². The summed E-state index contributed by atoms with van der Waals surface area (Å²) >= 11 is 5.78. The normalized spacial score (nSPS) is 12.0. The summed E-state index contributed by atoms with van der Waals surface area (Å²) in [7, 11) is 0. The Hall–Kier alpha value is -2.41. The van der Waals surface area contributed by atoms with Crippen molar-refractivity contribution in [3.63, 3.8) is 0 Å². The highest BCUT2D eigenvalue weighted by Gasteiger charge is 2.26. The third kappa shape index (κ3) is 6.37. The van der Waals surface area contributed by atoms with E-state index in [1.54, 1.807) is 37.3 Å². The maximum absolute atomic E-state index is 12.3. The highest BCUT2D eigenvalue weighted by atomic mass is 35.5. The third-order valence-corrected chi connectivity index (χ3v) is 3.04. The van der Waals surface area contributed by atoms with Crippen LogP contribution in [-0.2, 0) is 0 Å². The lowest BCUT2D eigenvalue weighted by molar-refractivity contribution is -0.0999. The maximum Gasteiger partial charge on any atom is 0.482 e. The molecule has 0 unspecified atom stereocenters. The summed E-state index contributed by atoms with van der Waals surface area (Å²) < 4.78 is 42.4. The van der Waals surface area contributed by atoms with Gasteiger partial charge in [0.1, 0.15) is 12.4 Å². The molecule has 8 heteroatoms. The van der Waals surface area contributed by atoms with E-state index in [1.165, 1.54) is 23.5 Å². The van der Waals surface area contributed by atoms with Crippen LogP contribution in [0.4, 0.5) is 24.5 Å². The van der Waals surface area contributed by atoms with Crippen LogP contribution in [0.3, 0.4) is 0 Å². The minimum atomic E-state index is -4.48. The molecule has 2 N–H and O–H groups in total. The Kier molecular flexibility index (Phi) is 5.92. The number of ether oxygens (including phenoxy) is 1. The van der Waals surface area contributed by atoms with Gasteiger partial charge in [-0.25, -0.2) is 0 Å². The van der Waals surface area contributed by atoms with Crippen molar-refractivity contribution >= 4 is 28.7 Å². The summed E-state index contributed by atoms with van der Waals surface area (Å²) in [6, 6.07) is 12.6. The Morgan fingerprint density at radius 1 is 1.12 bits per heavy atom. The van der Waals surface area contributed by atoms with E-state index in [2.05, 4.69) is 10.5 Å². The predicted octanol–water partition coefficient (Wildman–Crippen LogP) is 5.14. The van der Waals surface area contributed by atoms with Gasteiger partial charge in [-0.15, -0.1) is 0 Å². The number of hydrogen-bond donors (Lipinski definition) is 2. The molecule has 2 rings (SSSR count). The largest absolute Gasteiger partial charge is 0.488 e. The minimum Gasteiger partial charge on any atom is -0.488 e. The van der Waals surface area contributed by atoms with Gasteiger partial charge >= 0.3 is 6.30 Å². The molecule has 0 heterocycles. The Morgan fingerprint density at radius 3 is 2.46 bits per heavy atom. The van der Waals surface area contributed by atoms with Crippen molar-refractivity contribution in [3.05, 3.63) is 53.6 Å². The molecule has 128 valence electrons. The predicted molar refractivity (Wildman–Crippen MR) is 89.8 cm³/mol. The molecule has 0 bridgehead atoms. The summed E-state index contributed by atoms with van der Waals surface area (Å²) in [5.41, 5.74) is 3.67. The van der Waals surface area contributed by atoms with E-state index in [-0.39, 0.29) is 12.3 Å². The van der Waals surface area contributed by atoms with Crippen molar-refractivity contribution in [3.8, 4) is 5.75 Å². The Morgan fingerprint density at radius 2 is 1.79 bits per heavy atom. The van der Waals surface area contributed by atoms with Crippen LogP contribution in [0.5, 0.6) is 5.75 Å². The standard InChI is InChI=1S/C16H15ClF3N3O/c1-11(10-24-15-7-5-12(17)6-8-15)22-23-14-4-2-3-13(9-14)21-16(18,19)20/h2-9,21,23H,10H2,1H3/b22-11+. The molecule has 0 amide bonds. The Bertz CT molecular complexity index is 702. The van der Waals surface area contributed by atoms with Crippen molar-refractivity contribution in [2.75, 3.05) is 17.3 Å². The van der Waals surface area contributed by atoms with Crippen molar-refractivity contribution in [1.29, 1.82) is 0 Å². The fourth-order valence-electron chi connectivity index (χ4n) is 1.74. The van der Waals surface area contributed by atoms with Gasteiger partial charge in [0.25, 0.3) is 0 Å². The van der Waals surface area contributed by atoms with Gasteiger partial charge in [-0.05, 0) is 49.4 Å². The Balaban J connectivity index is 1.89. The van der Waals surface area contributed by atoms with Crippen LogP contribution in [0.2, 0.25) is 5.02 Å². The zero-order chi connectivity index (χ0) is 17.6. The molecule has 0 atom stereocenters. The first-order valence-corrected chi connectivity index (χ1v) is 7.32. The van der Waals surface area contributed by atoms with Crippen LogP contribution >= 0.6 is 11.6 Å². The average Bonchev–Trinajstić information content (AvgIpc) is 2.51. The first-order valence-electron chi connectivity index (χ1n) is 6.94. The highest BCUT2D eigenvalue weighted by molar-refractivity contribution is 6.30. The lowest BCUT2D eigenvalue weighted by atomic mass is 10.3. The number of hydrogen-bond acceptors (Lipinski definition) is 4. The monoisotopic (exact) mass is 357 g/mol. The fraction of sp³-hybridized carbons (Fsp3) is 0.188. The highest BCUT2D eigenvalue weighted by Crippen LogP contribution is 2.22. The molecule has 2 aromatic rings. The molecule has 4 nitrogen and oxygen atoms in total. The minimum absolute atomic E-state index is 0.0715. The van der Waals surface area contributed by atoms with E-state index in [4.69, 9.17) is 16.3 Å². The quantitative estimate of drug-likeness (QED) is 0.427.